The Bertz CT molecular complexity index is 1530. The van der Waals surface area contributed by atoms with Gasteiger partial charge in [0.15, 0.2) is 0 Å². The number of nitrogens with zero attached hydrogens (tertiary/aromatic N) is 3. The first kappa shape index (κ1) is 28.0. The molecule has 0 bridgehead atoms. The zero-order chi connectivity index (χ0) is 28.8. The van der Waals surface area contributed by atoms with Crippen molar-refractivity contribution in [2.24, 2.45) is 0 Å². The summed E-state index contributed by atoms with van der Waals surface area (Å²) in [5.41, 5.74) is -1.81. The van der Waals surface area contributed by atoms with Crippen molar-refractivity contribution in [1.29, 1.82) is 0 Å². The third kappa shape index (κ3) is 5.40. The number of anilines is 1. The minimum absolute atomic E-state index is 0.0154. The van der Waals surface area contributed by atoms with Crippen LogP contribution in [0.25, 0.3) is 11.1 Å². The normalized spacial score (nSPS) is 20.4. The summed E-state index contributed by atoms with van der Waals surface area (Å²) in [7, 11) is -2.56. The van der Waals surface area contributed by atoms with Crippen LogP contribution in [0.1, 0.15) is 17.7 Å². The van der Waals surface area contributed by atoms with E-state index < -0.39 is 58.1 Å². The Morgan fingerprint density at radius 1 is 1.15 bits per heavy atom. The van der Waals surface area contributed by atoms with E-state index in [1.54, 1.807) is 0 Å². The van der Waals surface area contributed by atoms with Crippen molar-refractivity contribution >= 4 is 21.6 Å². The van der Waals surface area contributed by atoms with Gasteiger partial charge in [-0.1, -0.05) is 5.16 Å². The van der Waals surface area contributed by atoms with Crippen LogP contribution in [-0.4, -0.2) is 62.7 Å². The summed E-state index contributed by atoms with van der Waals surface area (Å²) in [5.74, 6) is -3.21. The highest BCUT2D eigenvalue weighted by Crippen LogP contribution is 2.41. The van der Waals surface area contributed by atoms with E-state index in [1.165, 1.54) is 28.6 Å². The molecule has 2 aromatic carbocycles. The number of hydrogen-bond acceptors (Lipinski definition) is 7. The summed E-state index contributed by atoms with van der Waals surface area (Å²) < 4.78 is 112. The smallest absolute Gasteiger partial charge is 0.416 e. The van der Waals surface area contributed by atoms with Gasteiger partial charge in [0.05, 0.1) is 36.2 Å². The predicted octanol–water partition coefficient (Wildman–Crippen LogP) is 3.98. The molecule has 0 spiro atoms. The fourth-order valence-electron chi connectivity index (χ4n) is 4.95. The van der Waals surface area contributed by atoms with E-state index in [0.29, 0.717) is 12.1 Å². The molecule has 0 N–H and O–H groups in total. The molecule has 0 unspecified atom stereocenters. The second-order valence-electron chi connectivity index (χ2n) is 9.30. The van der Waals surface area contributed by atoms with Crippen molar-refractivity contribution in [3.8, 4) is 16.9 Å². The first-order valence-corrected chi connectivity index (χ1v) is 13.5. The predicted molar refractivity (Wildman–Crippen MR) is 130 cm³/mol. The maximum absolute atomic E-state index is 15.4. The minimum atomic E-state index is -4.86. The van der Waals surface area contributed by atoms with Crippen LogP contribution in [0.15, 0.2) is 47.2 Å². The molecule has 0 radical (unpaired) electrons. The Balaban J connectivity index is 1.45. The van der Waals surface area contributed by atoms with Crippen molar-refractivity contribution in [3.05, 3.63) is 65.6 Å². The minimum Gasteiger partial charge on any atom is -0.495 e. The van der Waals surface area contributed by atoms with Gasteiger partial charge in [-0.3, -0.25) is 4.79 Å². The van der Waals surface area contributed by atoms with Crippen LogP contribution in [0.3, 0.4) is 0 Å². The lowest BCUT2D eigenvalue weighted by atomic mass is 9.97. The fourth-order valence-corrected chi connectivity index (χ4v) is 6.41. The molecule has 2 atom stereocenters. The van der Waals surface area contributed by atoms with Gasteiger partial charge in [0.25, 0.3) is 5.91 Å². The van der Waals surface area contributed by atoms with Gasteiger partial charge in [-0.15, -0.1) is 0 Å². The summed E-state index contributed by atoms with van der Waals surface area (Å²) in [6, 6.07) is 4.45. The standard InChI is InChI=1S/C25H22F5N3O6S/c1-37-22-9-18(14-6-15(25(28,29)30)8-16(26)7-14)19(27)10-21(22)33-20-2-4-32(11-23(20)38-12-24(33)34)40(35,36)13-17-3-5-39-31-17/h3,5-10,20,23H,2,4,11-13H2,1H3/t20-,23-/m1/s1. The molecule has 1 amide bonds. The van der Waals surface area contributed by atoms with E-state index >= 15 is 4.39 Å². The van der Waals surface area contributed by atoms with Crippen molar-refractivity contribution in [1.82, 2.24) is 9.46 Å². The number of halogens is 5. The zero-order valence-electron chi connectivity index (χ0n) is 20.8. The number of carbonyl (C=O) groups excluding carboxylic acids is 1. The van der Waals surface area contributed by atoms with Crippen LogP contribution in [-0.2, 0) is 31.5 Å². The van der Waals surface area contributed by atoms with Crippen LogP contribution in [0.4, 0.5) is 27.6 Å². The third-order valence-corrected chi connectivity index (χ3v) is 8.57. The lowest BCUT2D eigenvalue weighted by Gasteiger charge is -2.46. The molecule has 15 heteroatoms. The zero-order valence-corrected chi connectivity index (χ0v) is 21.6. The number of hydrogen-bond donors (Lipinski definition) is 0. The topological polar surface area (TPSA) is 102 Å². The third-order valence-electron chi connectivity index (χ3n) is 6.79. The van der Waals surface area contributed by atoms with E-state index in [-0.39, 0.29) is 53.5 Å². The van der Waals surface area contributed by atoms with Crippen LogP contribution in [0, 0.1) is 11.6 Å². The summed E-state index contributed by atoms with van der Waals surface area (Å²) in [6.45, 7) is -0.481. The van der Waals surface area contributed by atoms with Crippen LogP contribution in [0.2, 0.25) is 0 Å². The number of carbonyl (C=O) groups is 1. The van der Waals surface area contributed by atoms with Gasteiger partial charge in [-0.25, -0.2) is 17.2 Å². The molecule has 5 rings (SSSR count). The van der Waals surface area contributed by atoms with E-state index in [2.05, 4.69) is 5.16 Å². The SMILES string of the molecule is COc1cc(-c2cc(F)cc(C(F)(F)F)c2)c(F)cc1N1C(=O)CO[C@@H]2CN(S(=O)(=O)Cc3ccon3)CC[C@H]21. The molecule has 3 aromatic rings. The second kappa shape index (κ2) is 10.4. The van der Waals surface area contributed by atoms with E-state index in [9.17, 15) is 30.8 Å². The highest BCUT2D eigenvalue weighted by atomic mass is 32.2. The van der Waals surface area contributed by atoms with Crippen LogP contribution >= 0.6 is 0 Å². The van der Waals surface area contributed by atoms with Gasteiger partial charge >= 0.3 is 6.18 Å². The maximum Gasteiger partial charge on any atom is 0.416 e. The summed E-state index contributed by atoms with van der Waals surface area (Å²) >= 11 is 0. The van der Waals surface area contributed by atoms with E-state index in [1.807, 2.05) is 0 Å². The van der Waals surface area contributed by atoms with E-state index in [4.69, 9.17) is 14.0 Å². The lowest BCUT2D eigenvalue weighted by Crippen LogP contribution is -2.62. The number of rotatable bonds is 6. The number of amides is 1. The number of alkyl halides is 3. The summed E-state index contributed by atoms with van der Waals surface area (Å²) in [5, 5.41) is 3.63. The van der Waals surface area contributed by atoms with Gasteiger partial charge in [-0.2, -0.15) is 17.5 Å². The number of piperidine rings is 1. The molecule has 40 heavy (non-hydrogen) atoms. The van der Waals surface area contributed by atoms with Crippen LogP contribution < -0.4 is 9.64 Å². The number of benzene rings is 2. The molecule has 9 nitrogen and oxygen atoms in total. The van der Waals surface area contributed by atoms with Crippen LogP contribution in [0.5, 0.6) is 5.75 Å². The highest BCUT2D eigenvalue weighted by Gasteiger charge is 2.44. The molecule has 214 valence electrons. The quantitative estimate of drug-likeness (QED) is 0.402. The summed E-state index contributed by atoms with van der Waals surface area (Å²) in [4.78, 5) is 14.2. The first-order valence-electron chi connectivity index (χ1n) is 11.9. The van der Waals surface area contributed by atoms with Crippen molar-refractivity contribution in [3.63, 3.8) is 0 Å². The first-order chi connectivity index (χ1) is 18.9. The largest absolute Gasteiger partial charge is 0.495 e. The van der Waals surface area contributed by atoms with Gasteiger partial charge in [-0.05, 0) is 36.2 Å². The molecule has 0 aliphatic carbocycles. The van der Waals surface area contributed by atoms with Gasteiger partial charge in [0, 0.05) is 30.8 Å². The number of aromatic nitrogens is 1. The Morgan fingerprint density at radius 3 is 2.60 bits per heavy atom. The molecule has 0 saturated carbocycles. The molecule has 2 saturated heterocycles. The molecule has 2 aliphatic rings. The van der Waals surface area contributed by atoms with Gasteiger partial charge in [0.2, 0.25) is 10.0 Å². The van der Waals surface area contributed by atoms with Gasteiger partial charge < -0.3 is 18.9 Å². The molecule has 2 fully saturated rings. The Hall–Kier alpha value is -3.56. The van der Waals surface area contributed by atoms with Crippen molar-refractivity contribution in [2.75, 3.05) is 31.7 Å². The van der Waals surface area contributed by atoms with Crippen molar-refractivity contribution < 1.29 is 49.2 Å². The average Bonchev–Trinajstić information content (AvgIpc) is 3.39. The Morgan fingerprint density at radius 2 is 1.93 bits per heavy atom. The monoisotopic (exact) mass is 587 g/mol. The number of methoxy groups -OCH3 is 1. The fraction of sp³-hybridized carbons (Fsp3) is 0.360. The average molecular weight is 588 g/mol. The molecule has 3 heterocycles. The second-order valence-corrected chi connectivity index (χ2v) is 11.3. The lowest BCUT2D eigenvalue weighted by molar-refractivity contribution is -0.137. The number of sulfonamides is 1. The van der Waals surface area contributed by atoms with E-state index in [0.717, 1.165) is 18.2 Å². The molecular formula is C25H22F5N3O6S. The molecular weight excluding hydrogens is 565 g/mol. The molecule has 1 aromatic heterocycles. The maximum atomic E-state index is 15.4. The van der Waals surface area contributed by atoms with Crippen molar-refractivity contribution in [2.45, 2.75) is 30.5 Å². The number of fused-ring (bicyclic) bond motifs is 1. The Labute approximate surface area is 225 Å². The number of ether oxygens (including phenoxy) is 2. The molecule has 2 aliphatic heterocycles. The summed E-state index contributed by atoms with van der Waals surface area (Å²) in [6.07, 6.45) is -4.22. The van der Waals surface area contributed by atoms with Gasteiger partial charge in [0.1, 0.15) is 36.0 Å². The highest BCUT2D eigenvalue weighted by molar-refractivity contribution is 7.88. The number of morpholine rings is 1. The Kier molecular flexibility index (Phi) is 7.31.